The smallest absolute Gasteiger partial charge is 0.250 e. The molecule has 9 heteroatoms. The number of hydrogen-bond donors (Lipinski definition) is 2. The molecular formula is C28H30N4O5. The van der Waals surface area contributed by atoms with Gasteiger partial charge < -0.3 is 29.4 Å². The van der Waals surface area contributed by atoms with Crippen molar-refractivity contribution >= 4 is 17.3 Å². The van der Waals surface area contributed by atoms with Crippen LogP contribution in [0.4, 0.5) is 11.4 Å². The van der Waals surface area contributed by atoms with E-state index in [0.717, 1.165) is 71.4 Å². The molecule has 0 aliphatic carbocycles. The number of carbonyl (C=O) groups is 1. The second-order valence-corrected chi connectivity index (χ2v) is 9.55. The van der Waals surface area contributed by atoms with E-state index in [9.17, 15) is 9.59 Å². The SMILES string of the molecule is O=C(CN1CCOCC1)Nc1ccc2c(c1)Cc1cccc(-c3cc(N4CCOCC4)cc(=O)[nH]3)c1O2. The van der Waals surface area contributed by atoms with Crippen molar-refractivity contribution in [3.63, 3.8) is 0 Å². The van der Waals surface area contributed by atoms with Crippen LogP contribution in [0.1, 0.15) is 11.1 Å². The van der Waals surface area contributed by atoms with Crippen LogP contribution in [0.5, 0.6) is 11.5 Å². The maximum atomic E-state index is 12.6. The van der Waals surface area contributed by atoms with Crippen LogP contribution in [-0.4, -0.2) is 74.9 Å². The van der Waals surface area contributed by atoms with Gasteiger partial charge in [-0.05, 0) is 35.9 Å². The number of carbonyl (C=O) groups excluding carboxylic acids is 1. The fourth-order valence-electron chi connectivity index (χ4n) is 5.11. The summed E-state index contributed by atoms with van der Waals surface area (Å²) in [7, 11) is 0. The van der Waals surface area contributed by atoms with Gasteiger partial charge in [0.2, 0.25) is 11.5 Å². The number of fused-ring (bicyclic) bond motifs is 2. The van der Waals surface area contributed by atoms with Gasteiger partial charge in [-0.1, -0.05) is 12.1 Å². The largest absolute Gasteiger partial charge is 0.456 e. The minimum absolute atomic E-state index is 0.0367. The highest BCUT2D eigenvalue weighted by molar-refractivity contribution is 5.92. The minimum Gasteiger partial charge on any atom is -0.456 e. The van der Waals surface area contributed by atoms with Gasteiger partial charge in [0, 0.05) is 61.2 Å². The van der Waals surface area contributed by atoms with E-state index in [4.69, 9.17) is 14.2 Å². The van der Waals surface area contributed by atoms with Crippen molar-refractivity contribution in [3.05, 3.63) is 70.0 Å². The Morgan fingerprint density at radius 1 is 0.919 bits per heavy atom. The number of nitrogens with one attached hydrogen (secondary N) is 2. The van der Waals surface area contributed by atoms with Crippen LogP contribution in [0.15, 0.2) is 53.3 Å². The first kappa shape index (κ1) is 23.7. The maximum absolute atomic E-state index is 12.6. The molecule has 0 atom stereocenters. The second-order valence-electron chi connectivity index (χ2n) is 9.55. The molecule has 37 heavy (non-hydrogen) atoms. The van der Waals surface area contributed by atoms with Gasteiger partial charge in [-0.2, -0.15) is 0 Å². The van der Waals surface area contributed by atoms with Gasteiger partial charge in [0.1, 0.15) is 11.5 Å². The van der Waals surface area contributed by atoms with E-state index in [2.05, 4.69) is 20.1 Å². The lowest BCUT2D eigenvalue weighted by atomic mass is 9.96. The molecule has 0 unspecified atom stereocenters. The molecule has 1 amide bonds. The number of ether oxygens (including phenoxy) is 3. The van der Waals surface area contributed by atoms with Crippen LogP contribution in [0.3, 0.4) is 0 Å². The fraction of sp³-hybridized carbons (Fsp3) is 0.357. The molecule has 1 aromatic heterocycles. The Bertz CT molecular complexity index is 1360. The van der Waals surface area contributed by atoms with E-state index in [1.54, 1.807) is 6.07 Å². The number of H-pyrrole nitrogens is 1. The average Bonchev–Trinajstić information content (AvgIpc) is 2.92. The lowest BCUT2D eigenvalue weighted by molar-refractivity contribution is -0.118. The van der Waals surface area contributed by atoms with Crippen molar-refractivity contribution < 1.29 is 19.0 Å². The zero-order valence-corrected chi connectivity index (χ0v) is 20.6. The summed E-state index contributed by atoms with van der Waals surface area (Å²) in [4.78, 5) is 32.4. The predicted molar refractivity (Wildman–Crippen MR) is 141 cm³/mol. The van der Waals surface area contributed by atoms with Crippen molar-refractivity contribution in [3.8, 4) is 22.8 Å². The summed E-state index contributed by atoms with van der Waals surface area (Å²) in [5.74, 6) is 1.46. The molecule has 2 saturated heterocycles. The van der Waals surface area contributed by atoms with E-state index >= 15 is 0 Å². The fourth-order valence-corrected chi connectivity index (χ4v) is 5.11. The Morgan fingerprint density at radius 2 is 1.70 bits per heavy atom. The highest BCUT2D eigenvalue weighted by atomic mass is 16.5. The summed E-state index contributed by atoms with van der Waals surface area (Å²) in [6, 6.07) is 15.4. The highest BCUT2D eigenvalue weighted by Gasteiger charge is 2.23. The normalized spacial score (nSPS) is 17.5. The first-order chi connectivity index (χ1) is 18.1. The molecule has 2 aromatic carbocycles. The Hall–Kier alpha value is -3.66. The summed E-state index contributed by atoms with van der Waals surface area (Å²) in [6.45, 7) is 6.03. The molecule has 2 N–H and O–H groups in total. The van der Waals surface area contributed by atoms with E-state index in [-0.39, 0.29) is 11.5 Å². The van der Waals surface area contributed by atoms with Crippen LogP contribution < -0.4 is 20.5 Å². The van der Waals surface area contributed by atoms with Crippen molar-refractivity contribution in [2.75, 3.05) is 69.4 Å². The Morgan fingerprint density at radius 3 is 2.51 bits per heavy atom. The van der Waals surface area contributed by atoms with Gasteiger partial charge in [-0.25, -0.2) is 0 Å². The number of nitrogens with zero attached hydrogens (tertiary/aromatic N) is 2. The van der Waals surface area contributed by atoms with Gasteiger partial charge >= 0.3 is 0 Å². The van der Waals surface area contributed by atoms with Crippen molar-refractivity contribution in [2.45, 2.75) is 6.42 Å². The third kappa shape index (κ3) is 5.24. The van der Waals surface area contributed by atoms with Crippen LogP contribution in [-0.2, 0) is 20.7 Å². The van der Waals surface area contributed by atoms with E-state index in [1.807, 2.05) is 42.5 Å². The molecule has 6 rings (SSSR count). The molecule has 192 valence electrons. The molecule has 9 nitrogen and oxygen atoms in total. The number of pyridine rings is 1. The highest BCUT2D eigenvalue weighted by Crippen LogP contribution is 2.43. The maximum Gasteiger partial charge on any atom is 0.250 e. The number of para-hydroxylation sites is 1. The van der Waals surface area contributed by atoms with Crippen molar-refractivity contribution in [1.29, 1.82) is 0 Å². The van der Waals surface area contributed by atoms with Gasteiger partial charge in [-0.3, -0.25) is 14.5 Å². The van der Waals surface area contributed by atoms with Gasteiger partial charge in [-0.15, -0.1) is 0 Å². The van der Waals surface area contributed by atoms with Crippen LogP contribution in [0.25, 0.3) is 11.3 Å². The topological polar surface area (TPSA) is 96.1 Å². The standard InChI is InChI=1S/C28H30N4O5/c33-26-17-22(32-8-12-36-13-9-32)16-24(30-26)23-3-1-2-19-14-20-15-21(4-5-25(20)37-28(19)23)29-27(34)18-31-6-10-35-11-7-31/h1-5,15-17H,6-14,18H2,(H,29,34)(H,30,33). The number of aromatic nitrogens is 1. The first-order valence-corrected chi connectivity index (χ1v) is 12.7. The number of anilines is 2. The van der Waals surface area contributed by atoms with E-state index in [0.29, 0.717) is 39.4 Å². The second kappa shape index (κ2) is 10.4. The summed E-state index contributed by atoms with van der Waals surface area (Å²) >= 11 is 0. The van der Waals surface area contributed by atoms with Crippen LogP contribution in [0, 0.1) is 0 Å². The monoisotopic (exact) mass is 502 g/mol. The van der Waals surface area contributed by atoms with E-state index < -0.39 is 0 Å². The number of hydrogen-bond acceptors (Lipinski definition) is 7. The third-order valence-electron chi connectivity index (χ3n) is 7.00. The third-order valence-corrected chi connectivity index (χ3v) is 7.00. The minimum atomic E-state index is -0.148. The Balaban J connectivity index is 1.22. The number of benzene rings is 2. The molecule has 0 bridgehead atoms. The molecule has 0 saturated carbocycles. The Kier molecular flexibility index (Phi) is 6.65. The van der Waals surface area contributed by atoms with Crippen molar-refractivity contribution in [1.82, 2.24) is 9.88 Å². The quantitative estimate of drug-likeness (QED) is 0.433. The predicted octanol–water partition coefficient (Wildman–Crippen LogP) is 2.85. The molecule has 3 aliphatic rings. The van der Waals surface area contributed by atoms with Gasteiger partial charge in [0.25, 0.3) is 0 Å². The molecule has 3 aromatic rings. The van der Waals surface area contributed by atoms with E-state index in [1.165, 1.54) is 0 Å². The van der Waals surface area contributed by atoms with Gasteiger partial charge in [0.05, 0.1) is 38.7 Å². The molecular weight excluding hydrogens is 472 g/mol. The Labute approximate surface area is 214 Å². The lowest BCUT2D eigenvalue weighted by Gasteiger charge is -2.29. The molecule has 0 radical (unpaired) electrons. The number of morpholine rings is 2. The number of rotatable bonds is 5. The van der Waals surface area contributed by atoms with Crippen LogP contribution >= 0.6 is 0 Å². The lowest BCUT2D eigenvalue weighted by Crippen LogP contribution is -2.41. The van der Waals surface area contributed by atoms with Crippen molar-refractivity contribution in [2.24, 2.45) is 0 Å². The van der Waals surface area contributed by atoms with Crippen LogP contribution in [0.2, 0.25) is 0 Å². The molecule has 4 heterocycles. The number of amides is 1. The summed E-state index contributed by atoms with van der Waals surface area (Å²) in [5, 5.41) is 3.01. The van der Waals surface area contributed by atoms with Gasteiger partial charge in [0.15, 0.2) is 0 Å². The molecule has 2 fully saturated rings. The zero-order chi connectivity index (χ0) is 25.2. The molecule has 3 aliphatic heterocycles. The number of aromatic amines is 1. The summed E-state index contributed by atoms with van der Waals surface area (Å²) in [6.07, 6.45) is 0.666. The zero-order valence-electron chi connectivity index (χ0n) is 20.6. The average molecular weight is 503 g/mol. The summed E-state index contributed by atoms with van der Waals surface area (Å²) in [5.41, 5.74) is 5.09. The first-order valence-electron chi connectivity index (χ1n) is 12.7. The summed E-state index contributed by atoms with van der Waals surface area (Å²) < 4.78 is 17.2. The molecule has 0 spiro atoms.